The molecule has 0 unspecified atom stereocenters. The molecule has 0 aromatic heterocycles. The lowest BCUT2D eigenvalue weighted by atomic mass is 10.00. The third-order valence-corrected chi connectivity index (χ3v) is 3.57. The Bertz CT molecular complexity index is 537. The van der Waals surface area contributed by atoms with Crippen molar-refractivity contribution in [2.75, 3.05) is 19.8 Å². The molecule has 1 heterocycles. The number of hydrogen-bond donors (Lipinski definition) is 0. The van der Waals surface area contributed by atoms with Gasteiger partial charge in [0.1, 0.15) is 6.10 Å². The van der Waals surface area contributed by atoms with Gasteiger partial charge >= 0.3 is 5.97 Å². The molecular weight excluding hydrogens is 304 g/mol. The van der Waals surface area contributed by atoms with Crippen molar-refractivity contribution < 1.29 is 19.0 Å². The molecule has 0 amide bonds. The molecule has 1 saturated heterocycles. The highest BCUT2D eigenvalue weighted by Crippen LogP contribution is 2.29. The normalized spacial score (nSPS) is 18.4. The number of carbonyl (C=O) groups excluding carboxylic acids is 1. The van der Waals surface area contributed by atoms with Crippen molar-refractivity contribution in [3.63, 3.8) is 0 Å². The number of rotatable bonds is 8. The molecule has 0 radical (unpaired) electrons. The number of carbonyl (C=O) groups is 1. The Labute approximate surface area is 136 Å². The summed E-state index contributed by atoms with van der Waals surface area (Å²) in [5.74, 6) is -0.367. The second-order valence-corrected chi connectivity index (χ2v) is 5.48. The summed E-state index contributed by atoms with van der Waals surface area (Å²) in [5.41, 5.74) is 1.87. The van der Waals surface area contributed by atoms with E-state index in [1.54, 1.807) is 13.0 Å². The number of benzene rings is 1. The summed E-state index contributed by atoms with van der Waals surface area (Å²) in [4.78, 5) is 11.5. The van der Waals surface area contributed by atoms with Gasteiger partial charge in [-0.05, 0) is 42.7 Å². The summed E-state index contributed by atoms with van der Waals surface area (Å²) in [6, 6.07) is 5.60. The van der Waals surface area contributed by atoms with Crippen LogP contribution in [0.25, 0.3) is 6.08 Å². The fourth-order valence-corrected chi connectivity index (χ4v) is 2.33. The third-order valence-electron chi connectivity index (χ3n) is 3.34. The monoisotopic (exact) mass is 324 g/mol. The number of esters is 1. The molecule has 1 aliphatic rings. The Morgan fingerprint density at radius 2 is 2.27 bits per heavy atom. The molecule has 22 heavy (non-hydrogen) atoms. The van der Waals surface area contributed by atoms with E-state index in [0.717, 1.165) is 24.2 Å². The molecule has 2 rings (SSSR count). The van der Waals surface area contributed by atoms with Crippen LogP contribution in [0.5, 0.6) is 0 Å². The zero-order valence-electron chi connectivity index (χ0n) is 12.9. The van der Waals surface area contributed by atoms with E-state index in [9.17, 15) is 4.79 Å². The number of halogens is 1. The molecule has 5 heteroatoms. The van der Waals surface area contributed by atoms with Crippen molar-refractivity contribution in [3.05, 3.63) is 40.4 Å². The molecule has 1 fully saturated rings. The molecule has 1 aliphatic heterocycles. The van der Waals surface area contributed by atoms with Crippen LogP contribution >= 0.6 is 11.6 Å². The zero-order valence-corrected chi connectivity index (χ0v) is 13.6. The van der Waals surface area contributed by atoms with Crippen molar-refractivity contribution in [1.82, 2.24) is 0 Å². The van der Waals surface area contributed by atoms with Crippen LogP contribution in [0.1, 0.15) is 37.5 Å². The van der Waals surface area contributed by atoms with Gasteiger partial charge in [-0.25, -0.2) is 4.79 Å². The lowest BCUT2D eigenvalue weighted by molar-refractivity contribution is -0.137. The molecule has 120 valence electrons. The van der Waals surface area contributed by atoms with E-state index in [2.05, 4.69) is 6.92 Å². The molecule has 0 saturated carbocycles. The van der Waals surface area contributed by atoms with Crippen LogP contribution in [0, 0.1) is 0 Å². The van der Waals surface area contributed by atoms with Gasteiger partial charge in [0, 0.05) is 11.1 Å². The van der Waals surface area contributed by atoms with Crippen LogP contribution in [0.4, 0.5) is 0 Å². The summed E-state index contributed by atoms with van der Waals surface area (Å²) in [7, 11) is 0. The maximum Gasteiger partial charge on any atom is 0.330 e. The molecule has 0 aliphatic carbocycles. The van der Waals surface area contributed by atoms with E-state index in [1.165, 1.54) is 6.08 Å². The highest BCUT2D eigenvalue weighted by atomic mass is 35.5. The maximum atomic E-state index is 11.5. The van der Waals surface area contributed by atoms with E-state index < -0.39 is 0 Å². The van der Waals surface area contributed by atoms with E-state index >= 15 is 0 Å². The van der Waals surface area contributed by atoms with Gasteiger partial charge in [-0.2, -0.15) is 0 Å². The van der Waals surface area contributed by atoms with Crippen molar-refractivity contribution >= 4 is 23.6 Å². The number of ether oxygens (including phenoxy) is 3. The van der Waals surface area contributed by atoms with E-state index in [1.807, 2.05) is 18.2 Å². The molecule has 1 aromatic carbocycles. The van der Waals surface area contributed by atoms with Gasteiger partial charge in [0.2, 0.25) is 0 Å². The third kappa shape index (κ3) is 5.13. The summed E-state index contributed by atoms with van der Waals surface area (Å²) in [6.45, 7) is 5.55. The lowest BCUT2D eigenvalue weighted by Crippen LogP contribution is -2.09. The van der Waals surface area contributed by atoms with E-state index in [4.69, 9.17) is 25.8 Å². The quantitative estimate of drug-likeness (QED) is 0.415. The van der Waals surface area contributed by atoms with Crippen molar-refractivity contribution in [2.24, 2.45) is 0 Å². The Balaban J connectivity index is 2.15. The first-order valence-corrected chi connectivity index (χ1v) is 7.89. The minimum Gasteiger partial charge on any atom is -0.463 e. The highest BCUT2D eigenvalue weighted by molar-refractivity contribution is 6.30. The Morgan fingerprint density at radius 1 is 1.50 bits per heavy atom. The van der Waals surface area contributed by atoms with Gasteiger partial charge in [0.15, 0.2) is 0 Å². The topological polar surface area (TPSA) is 48.1 Å². The molecule has 0 bridgehead atoms. The Hall–Kier alpha value is -1.36. The highest BCUT2D eigenvalue weighted by Gasteiger charge is 2.25. The van der Waals surface area contributed by atoms with Crippen LogP contribution in [-0.4, -0.2) is 31.9 Å². The summed E-state index contributed by atoms with van der Waals surface area (Å²) in [6.07, 6.45) is 4.13. The van der Waals surface area contributed by atoms with Gasteiger partial charge < -0.3 is 14.2 Å². The standard InChI is InChI=1S/C17H21ClO4/c1-3-16(22-11-14-10-21-14)15-7-6-13(18)9-12(15)5-8-17(19)20-4-2/h5-9,14,16H,3-4,10-11H2,1-2H3/b8-5+/t14-,16-/m1/s1. The predicted molar refractivity (Wildman–Crippen MR) is 85.8 cm³/mol. The van der Waals surface area contributed by atoms with Gasteiger partial charge in [-0.15, -0.1) is 0 Å². The molecule has 1 aromatic rings. The van der Waals surface area contributed by atoms with Crippen LogP contribution in [0.2, 0.25) is 5.02 Å². The van der Waals surface area contributed by atoms with Crippen molar-refractivity contribution in [3.8, 4) is 0 Å². The Kier molecular flexibility index (Phi) is 6.43. The average molecular weight is 325 g/mol. The largest absolute Gasteiger partial charge is 0.463 e. The molecule has 4 nitrogen and oxygen atoms in total. The van der Waals surface area contributed by atoms with Crippen LogP contribution in [0.15, 0.2) is 24.3 Å². The second-order valence-electron chi connectivity index (χ2n) is 5.04. The molecule has 0 spiro atoms. The van der Waals surface area contributed by atoms with Crippen molar-refractivity contribution in [2.45, 2.75) is 32.5 Å². The first-order chi connectivity index (χ1) is 10.6. The van der Waals surface area contributed by atoms with E-state index in [0.29, 0.717) is 18.2 Å². The van der Waals surface area contributed by atoms with Gasteiger partial charge in [0.25, 0.3) is 0 Å². The molecular formula is C17H21ClO4. The fraction of sp³-hybridized carbons (Fsp3) is 0.471. The summed E-state index contributed by atoms with van der Waals surface area (Å²) in [5, 5.41) is 0.618. The molecule has 0 N–H and O–H groups in total. The zero-order chi connectivity index (χ0) is 15.9. The first-order valence-electron chi connectivity index (χ1n) is 7.51. The van der Waals surface area contributed by atoms with Crippen LogP contribution < -0.4 is 0 Å². The smallest absolute Gasteiger partial charge is 0.330 e. The molecule has 2 atom stereocenters. The van der Waals surface area contributed by atoms with Crippen LogP contribution in [0.3, 0.4) is 0 Å². The second kappa shape index (κ2) is 8.32. The Morgan fingerprint density at radius 3 is 2.91 bits per heavy atom. The lowest BCUT2D eigenvalue weighted by Gasteiger charge is -2.18. The summed E-state index contributed by atoms with van der Waals surface area (Å²) < 4.78 is 16.0. The van der Waals surface area contributed by atoms with Gasteiger partial charge in [0.05, 0.1) is 25.9 Å². The minimum atomic E-state index is -0.367. The average Bonchev–Trinajstić information content (AvgIpc) is 3.32. The predicted octanol–water partition coefficient (Wildman–Crippen LogP) is 3.78. The van der Waals surface area contributed by atoms with Gasteiger partial charge in [-0.3, -0.25) is 0 Å². The minimum absolute atomic E-state index is 0.0525. The first kappa shape index (κ1) is 17.0. The van der Waals surface area contributed by atoms with E-state index in [-0.39, 0.29) is 18.2 Å². The number of epoxide rings is 1. The van der Waals surface area contributed by atoms with Crippen LogP contribution in [-0.2, 0) is 19.0 Å². The maximum absolute atomic E-state index is 11.5. The number of hydrogen-bond acceptors (Lipinski definition) is 4. The van der Waals surface area contributed by atoms with Crippen molar-refractivity contribution in [1.29, 1.82) is 0 Å². The fourth-order valence-electron chi connectivity index (χ4n) is 2.15. The summed E-state index contributed by atoms with van der Waals surface area (Å²) >= 11 is 6.07. The van der Waals surface area contributed by atoms with Gasteiger partial charge in [-0.1, -0.05) is 24.6 Å². The SMILES string of the molecule is CCOC(=O)/C=C/c1cc(Cl)ccc1[C@@H](CC)OC[C@H]1CO1.